The molecular weight excluding hydrogens is 648 g/mol. The number of aliphatic hydroxyl groups excluding tert-OH is 4. The SMILES string of the molecule is O=C(O)CN(CC(=O)N1CCC(C(=O)NC(CO)CO)CC1)C1CCCCC1N(CC(=O)N1CCC(C(=O)NC(CO)CO)CC1)C(=O)O. The lowest BCUT2D eigenvalue weighted by atomic mass is 9.87. The number of nitrogens with zero attached hydrogens (tertiary/aromatic N) is 4. The van der Waals surface area contributed by atoms with Crippen LogP contribution in [0.15, 0.2) is 0 Å². The number of hydrogen-bond acceptors (Lipinski definition) is 11. The standard InChI is InChI=1S/C31H52N6O12/c38-16-22(17-39)32-29(46)20-5-9-34(10-6-20)26(42)13-36(15-28(44)45)24-3-1-2-4-25(24)37(31(48)49)14-27(43)35-11-7-21(8-12-35)30(47)33-23(18-40)19-41/h20-25,38-41H,1-19H2,(H,32,46)(H,33,47)(H,44,45)(H,48,49). The summed E-state index contributed by atoms with van der Waals surface area (Å²) in [5.41, 5.74) is 0. The Morgan fingerprint density at radius 2 is 1.00 bits per heavy atom. The van der Waals surface area contributed by atoms with E-state index in [4.69, 9.17) is 0 Å². The fourth-order valence-corrected chi connectivity index (χ4v) is 6.91. The van der Waals surface area contributed by atoms with E-state index in [0.717, 1.165) is 4.90 Å². The van der Waals surface area contributed by atoms with Gasteiger partial charge in [-0.05, 0) is 38.5 Å². The van der Waals surface area contributed by atoms with Gasteiger partial charge in [-0.3, -0.25) is 33.8 Å². The maximum absolute atomic E-state index is 13.4. The molecule has 278 valence electrons. The quantitative estimate of drug-likeness (QED) is 0.0804. The van der Waals surface area contributed by atoms with Crippen molar-refractivity contribution < 1.29 is 59.4 Å². The molecule has 0 bridgehead atoms. The molecule has 0 aromatic rings. The van der Waals surface area contributed by atoms with E-state index in [-0.39, 0.29) is 50.4 Å². The molecular formula is C31H52N6O12. The van der Waals surface area contributed by atoms with E-state index in [1.807, 2.05) is 0 Å². The van der Waals surface area contributed by atoms with E-state index in [0.29, 0.717) is 51.4 Å². The molecule has 3 rings (SSSR count). The van der Waals surface area contributed by atoms with Gasteiger partial charge in [-0.2, -0.15) is 0 Å². The molecule has 0 aromatic heterocycles. The Morgan fingerprint density at radius 1 is 0.592 bits per heavy atom. The van der Waals surface area contributed by atoms with Crippen LogP contribution < -0.4 is 10.6 Å². The van der Waals surface area contributed by atoms with Crippen molar-refractivity contribution in [1.82, 2.24) is 30.2 Å². The van der Waals surface area contributed by atoms with Crippen molar-refractivity contribution in [3.8, 4) is 0 Å². The van der Waals surface area contributed by atoms with Crippen molar-refractivity contribution in [2.75, 3.05) is 72.2 Å². The molecule has 3 aliphatic rings. The van der Waals surface area contributed by atoms with E-state index in [9.17, 15) is 59.4 Å². The Morgan fingerprint density at radius 3 is 1.39 bits per heavy atom. The second-order valence-electron chi connectivity index (χ2n) is 13.1. The molecule has 0 spiro atoms. The Kier molecular flexibility index (Phi) is 15.9. The molecule has 2 unspecified atom stereocenters. The zero-order valence-corrected chi connectivity index (χ0v) is 27.8. The summed E-state index contributed by atoms with van der Waals surface area (Å²) in [6, 6.07) is -2.94. The van der Waals surface area contributed by atoms with Gasteiger partial charge in [-0.1, -0.05) is 12.8 Å². The van der Waals surface area contributed by atoms with E-state index in [2.05, 4.69) is 10.6 Å². The molecule has 2 saturated heterocycles. The van der Waals surface area contributed by atoms with Crippen molar-refractivity contribution in [3.63, 3.8) is 0 Å². The van der Waals surface area contributed by atoms with Gasteiger partial charge in [0.1, 0.15) is 6.54 Å². The number of aliphatic carboxylic acids is 1. The molecule has 0 aromatic carbocycles. The first-order valence-electron chi connectivity index (χ1n) is 17.0. The summed E-state index contributed by atoms with van der Waals surface area (Å²) in [4.78, 5) is 81.8. The molecule has 18 nitrogen and oxygen atoms in total. The third-order valence-electron chi connectivity index (χ3n) is 9.80. The molecule has 49 heavy (non-hydrogen) atoms. The number of carbonyl (C=O) groups excluding carboxylic acids is 4. The van der Waals surface area contributed by atoms with Gasteiger partial charge in [0.25, 0.3) is 0 Å². The number of carbonyl (C=O) groups is 6. The minimum atomic E-state index is -1.34. The van der Waals surface area contributed by atoms with Crippen molar-refractivity contribution in [1.29, 1.82) is 0 Å². The normalized spacial score (nSPS) is 20.8. The molecule has 5 amide bonds. The summed E-state index contributed by atoms with van der Waals surface area (Å²) in [5.74, 6) is -3.52. The second-order valence-corrected chi connectivity index (χ2v) is 13.1. The summed E-state index contributed by atoms with van der Waals surface area (Å²) in [5, 5.41) is 62.0. The smallest absolute Gasteiger partial charge is 0.408 e. The van der Waals surface area contributed by atoms with Crippen LogP contribution in [0.25, 0.3) is 0 Å². The zero-order valence-electron chi connectivity index (χ0n) is 27.8. The van der Waals surface area contributed by atoms with Crippen molar-refractivity contribution >= 4 is 35.7 Å². The van der Waals surface area contributed by atoms with Crippen molar-refractivity contribution in [3.05, 3.63) is 0 Å². The van der Waals surface area contributed by atoms with Crippen molar-refractivity contribution in [2.24, 2.45) is 11.8 Å². The highest BCUT2D eigenvalue weighted by atomic mass is 16.4. The Labute approximate surface area is 285 Å². The van der Waals surface area contributed by atoms with Gasteiger partial charge < -0.3 is 51.1 Å². The van der Waals surface area contributed by atoms with Crippen molar-refractivity contribution in [2.45, 2.75) is 75.5 Å². The number of amides is 5. The minimum absolute atomic E-state index is 0.211. The Hall–Kier alpha value is -3.58. The lowest BCUT2D eigenvalue weighted by molar-refractivity contribution is -0.143. The van der Waals surface area contributed by atoms with Gasteiger partial charge in [-0.25, -0.2) is 4.79 Å². The third-order valence-corrected chi connectivity index (χ3v) is 9.80. The van der Waals surface area contributed by atoms with Crippen LogP contribution in [0.4, 0.5) is 4.79 Å². The van der Waals surface area contributed by atoms with E-state index < -0.39 is 93.5 Å². The summed E-state index contributed by atoms with van der Waals surface area (Å²) < 4.78 is 0. The van der Waals surface area contributed by atoms with Gasteiger partial charge in [0.05, 0.1) is 57.6 Å². The molecule has 2 aliphatic heterocycles. The summed E-state index contributed by atoms with van der Waals surface area (Å²) in [7, 11) is 0. The second kappa shape index (κ2) is 19.6. The summed E-state index contributed by atoms with van der Waals surface area (Å²) in [6.07, 6.45) is 2.11. The van der Waals surface area contributed by atoms with Gasteiger partial charge in [0.15, 0.2) is 0 Å². The molecule has 1 aliphatic carbocycles. The topological polar surface area (TPSA) is 261 Å². The lowest BCUT2D eigenvalue weighted by Gasteiger charge is -2.44. The number of carboxylic acids is 1. The summed E-state index contributed by atoms with van der Waals surface area (Å²) in [6.45, 7) is -2.01. The highest BCUT2D eigenvalue weighted by Gasteiger charge is 2.40. The van der Waals surface area contributed by atoms with Crippen LogP contribution in [0.1, 0.15) is 51.4 Å². The van der Waals surface area contributed by atoms with Crippen LogP contribution in [-0.2, 0) is 24.0 Å². The van der Waals surface area contributed by atoms with Crippen LogP contribution in [0.3, 0.4) is 0 Å². The monoisotopic (exact) mass is 700 g/mol. The molecule has 8 N–H and O–H groups in total. The van der Waals surface area contributed by atoms with Gasteiger partial charge in [-0.15, -0.1) is 0 Å². The fraction of sp³-hybridized carbons (Fsp3) is 0.806. The number of likely N-dealkylation sites (tertiary alicyclic amines) is 2. The number of rotatable bonds is 16. The first-order valence-corrected chi connectivity index (χ1v) is 17.0. The molecule has 1 saturated carbocycles. The van der Waals surface area contributed by atoms with Crippen LogP contribution >= 0.6 is 0 Å². The van der Waals surface area contributed by atoms with Crippen LogP contribution in [0.2, 0.25) is 0 Å². The van der Waals surface area contributed by atoms with Crippen LogP contribution in [0, 0.1) is 11.8 Å². The molecule has 2 heterocycles. The average Bonchev–Trinajstić information content (AvgIpc) is 3.10. The predicted molar refractivity (Wildman–Crippen MR) is 171 cm³/mol. The van der Waals surface area contributed by atoms with E-state index in [1.54, 1.807) is 4.90 Å². The average molecular weight is 701 g/mol. The molecule has 18 heteroatoms. The maximum Gasteiger partial charge on any atom is 0.408 e. The summed E-state index contributed by atoms with van der Waals surface area (Å²) >= 11 is 0. The van der Waals surface area contributed by atoms with Gasteiger partial charge in [0, 0.05) is 44.1 Å². The highest BCUT2D eigenvalue weighted by molar-refractivity contribution is 5.84. The largest absolute Gasteiger partial charge is 0.480 e. The van der Waals surface area contributed by atoms with E-state index in [1.165, 1.54) is 9.80 Å². The Bertz CT molecular complexity index is 1140. The maximum atomic E-state index is 13.4. The number of carboxylic acid groups (broad SMARTS) is 2. The molecule has 3 fully saturated rings. The predicted octanol–water partition coefficient (Wildman–Crippen LogP) is -2.92. The van der Waals surface area contributed by atoms with Crippen LogP contribution in [0.5, 0.6) is 0 Å². The zero-order chi connectivity index (χ0) is 36.1. The Balaban J connectivity index is 1.63. The third kappa shape index (κ3) is 11.5. The number of piperidine rings is 2. The van der Waals surface area contributed by atoms with Gasteiger partial charge in [0.2, 0.25) is 23.6 Å². The first kappa shape index (κ1) is 39.9. The minimum Gasteiger partial charge on any atom is -0.480 e. The fourth-order valence-electron chi connectivity index (χ4n) is 6.91. The van der Waals surface area contributed by atoms with E-state index >= 15 is 0 Å². The molecule has 0 radical (unpaired) electrons. The molecule has 2 atom stereocenters. The van der Waals surface area contributed by atoms with Crippen LogP contribution in [-0.4, -0.2) is 182 Å². The first-order chi connectivity index (χ1) is 23.4. The number of nitrogens with one attached hydrogen (secondary N) is 2. The number of aliphatic hydroxyl groups is 4. The lowest BCUT2D eigenvalue weighted by Crippen LogP contribution is -2.59. The van der Waals surface area contributed by atoms with Gasteiger partial charge >= 0.3 is 12.1 Å². The highest BCUT2D eigenvalue weighted by Crippen LogP contribution is 2.29. The number of hydrogen-bond donors (Lipinski definition) is 8.